The number of carbonyl (C=O) groups is 1. The van der Waals surface area contributed by atoms with Gasteiger partial charge in [-0.1, -0.05) is 44.2 Å². The van der Waals surface area contributed by atoms with E-state index in [4.69, 9.17) is 9.47 Å². The van der Waals surface area contributed by atoms with Gasteiger partial charge in [-0.25, -0.2) is 0 Å². The van der Waals surface area contributed by atoms with Gasteiger partial charge in [-0.15, -0.1) is 0 Å². The van der Waals surface area contributed by atoms with Crippen molar-refractivity contribution >= 4 is 5.91 Å². The van der Waals surface area contributed by atoms with Gasteiger partial charge in [0.05, 0.1) is 14.2 Å². The lowest BCUT2D eigenvalue weighted by molar-refractivity contribution is 0.0679. The molecule has 1 aliphatic rings. The van der Waals surface area contributed by atoms with E-state index in [1.165, 1.54) is 11.1 Å². The van der Waals surface area contributed by atoms with Crippen LogP contribution in [0.5, 0.6) is 11.5 Å². The van der Waals surface area contributed by atoms with E-state index in [1.807, 2.05) is 17.0 Å². The van der Waals surface area contributed by atoms with Crippen LogP contribution in [0.3, 0.4) is 0 Å². The maximum absolute atomic E-state index is 13.2. The molecular formula is C20H23NO3. The third-order valence-corrected chi connectivity index (χ3v) is 4.62. The Labute approximate surface area is 143 Å². The molecule has 4 heteroatoms. The monoisotopic (exact) mass is 325 g/mol. The lowest BCUT2D eigenvalue weighted by atomic mass is 9.78. The molecule has 0 radical (unpaired) electrons. The van der Waals surface area contributed by atoms with E-state index in [1.54, 1.807) is 26.4 Å². The normalized spacial score (nSPS) is 15.6. The molecule has 2 aromatic carbocycles. The number of hydrogen-bond donors (Lipinski definition) is 0. The Bertz CT molecular complexity index is 745. The highest BCUT2D eigenvalue weighted by atomic mass is 16.5. The average Bonchev–Trinajstić information content (AvgIpc) is 2.59. The molecule has 1 amide bonds. The van der Waals surface area contributed by atoms with Crippen molar-refractivity contribution in [2.45, 2.75) is 25.8 Å². The SMILES string of the molecule is COc1cccc(OC)c1C(=O)N1Cc2ccccc2C(C)(C)C1. The van der Waals surface area contributed by atoms with E-state index in [2.05, 4.69) is 32.0 Å². The molecule has 3 rings (SSSR count). The molecule has 0 N–H and O–H groups in total. The molecule has 0 aliphatic carbocycles. The van der Waals surface area contributed by atoms with Crippen molar-refractivity contribution in [3.8, 4) is 11.5 Å². The third-order valence-electron chi connectivity index (χ3n) is 4.62. The molecule has 0 saturated carbocycles. The second-order valence-electron chi connectivity index (χ2n) is 6.74. The first-order chi connectivity index (χ1) is 11.5. The molecule has 126 valence electrons. The van der Waals surface area contributed by atoms with Gasteiger partial charge in [-0.3, -0.25) is 4.79 Å². The quantitative estimate of drug-likeness (QED) is 0.865. The summed E-state index contributed by atoms with van der Waals surface area (Å²) in [7, 11) is 3.14. The first-order valence-electron chi connectivity index (χ1n) is 8.06. The van der Waals surface area contributed by atoms with Gasteiger partial charge < -0.3 is 14.4 Å². The van der Waals surface area contributed by atoms with Crippen molar-refractivity contribution in [2.24, 2.45) is 0 Å². The van der Waals surface area contributed by atoms with Gasteiger partial charge in [-0.2, -0.15) is 0 Å². The second kappa shape index (κ2) is 6.19. The van der Waals surface area contributed by atoms with Gasteiger partial charge in [0.2, 0.25) is 0 Å². The predicted octanol–water partition coefficient (Wildman–Crippen LogP) is 3.64. The smallest absolute Gasteiger partial charge is 0.261 e. The van der Waals surface area contributed by atoms with Crippen molar-refractivity contribution < 1.29 is 14.3 Å². The summed E-state index contributed by atoms with van der Waals surface area (Å²) in [6.45, 7) is 5.60. The highest BCUT2D eigenvalue weighted by Gasteiger charge is 2.35. The summed E-state index contributed by atoms with van der Waals surface area (Å²) in [5, 5.41) is 0. The highest BCUT2D eigenvalue weighted by molar-refractivity contribution is 6.00. The van der Waals surface area contributed by atoms with Crippen molar-refractivity contribution in [2.75, 3.05) is 20.8 Å². The van der Waals surface area contributed by atoms with Gasteiger partial charge in [0, 0.05) is 18.5 Å². The molecular weight excluding hydrogens is 302 g/mol. The Morgan fingerprint density at radius 1 is 1.00 bits per heavy atom. The minimum Gasteiger partial charge on any atom is -0.496 e. The number of ether oxygens (including phenoxy) is 2. The van der Waals surface area contributed by atoms with Crippen LogP contribution in [0.15, 0.2) is 42.5 Å². The molecule has 0 bridgehead atoms. The zero-order valence-corrected chi connectivity index (χ0v) is 14.6. The van der Waals surface area contributed by atoms with Crippen LogP contribution in [-0.2, 0) is 12.0 Å². The van der Waals surface area contributed by atoms with E-state index in [0.717, 1.165) is 0 Å². The molecule has 0 saturated heterocycles. The molecule has 0 aromatic heterocycles. The summed E-state index contributed by atoms with van der Waals surface area (Å²) in [5.41, 5.74) is 2.88. The van der Waals surface area contributed by atoms with Gasteiger partial charge in [-0.05, 0) is 23.3 Å². The fourth-order valence-corrected chi connectivity index (χ4v) is 3.51. The average molecular weight is 325 g/mol. The van der Waals surface area contributed by atoms with Crippen LogP contribution in [-0.4, -0.2) is 31.6 Å². The molecule has 2 aromatic rings. The first-order valence-corrected chi connectivity index (χ1v) is 8.06. The summed E-state index contributed by atoms with van der Waals surface area (Å²) in [6, 6.07) is 13.7. The molecule has 4 nitrogen and oxygen atoms in total. The summed E-state index contributed by atoms with van der Waals surface area (Å²) in [4.78, 5) is 15.1. The van der Waals surface area contributed by atoms with Crippen molar-refractivity contribution in [1.29, 1.82) is 0 Å². The molecule has 1 heterocycles. The van der Waals surface area contributed by atoms with Crippen LogP contribution < -0.4 is 9.47 Å². The number of fused-ring (bicyclic) bond motifs is 1. The standard InChI is InChI=1S/C20H23NO3/c1-20(2)13-21(12-14-8-5-6-9-15(14)20)19(22)18-16(23-3)10-7-11-17(18)24-4/h5-11H,12-13H2,1-4H3. The summed E-state index contributed by atoms with van der Waals surface area (Å²) in [6.07, 6.45) is 0. The second-order valence-corrected chi connectivity index (χ2v) is 6.74. The van der Waals surface area contributed by atoms with Crippen molar-refractivity contribution in [1.82, 2.24) is 4.90 Å². The minimum absolute atomic E-state index is 0.0631. The largest absolute Gasteiger partial charge is 0.496 e. The van der Waals surface area contributed by atoms with Gasteiger partial charge >= 0.3 is 0 Å². The Morgan fingerprint density at radius 2 is 1.62 bits per heavy atom. The lowest BCUT2D eigenvalue weighted by Gasteiger charge is -2.40. The number of hydrogen-bond acceptors (Lipinski definition) is 3. The summed E-state index contributed by atoms with van der Waals surface area (Å²) < 4.78 is 10.8. The minimum atomic E-state index is -0.0975. The molecule has 0 fully saturated rings. The zero-order valence-electron chi connectivity index (χ0n) is 14.6. The van der Waals surface area contributed by atoms with Gasteiger partial charge in [0.25, 0.3) is 5.91 Å². The number of carbonyl (C=O) groups excluding carboxylic acids is 1. The van der Waals surface area contributed by atoms with E-state index in [0.29, 0.717) is 30.2 Å². The van der Waals surface area contributed by atoms with E-state index in [9.17, 15) is 4.79 Å². The topological polar surface area (TPSA) is 38.8 Å². The van der Waals surface area contributed by atoms with Crippen LogP contribution in [0.4, 0.5) is 0 Å². The van der Waals surface area contributed by atoms with Gasteiger partial charge in [0.1, 0.15) is 17.1 Å². The number of amides is 1. The Morgan fingerprint density at radius 3 is 2.25 bits per heavy atom. The number of benzene rings is 2. The lowest BCUT2D eigenvalue weighted by Crippen LogP contribution is -2.45. The fourth-order valence-electron chi connectivity index (χ4n) is 3.51. The maximum atomic E-state index is 13.2. The number of nitrogens with zero attached hydrogens (tertiary/aromatic N) is 1. The van der Waals surface area contributed by atoms with Crippen LogP contribution in [0.2, 0.25) is 0 Å². The van der Waals surface area contributed by atoms with Crippen LogP contribution in [0.25, 0.3) is 0 Å². The fraction of sp³-hybridized carbons (Fsp3) is 0.350. The van der Waals surface area contributed by atoms with Crippen molar-refractivity contribution in [3.63, 3.8) is 0 Å². The maximum Gasteiger partial charge on any atom is 0.261 e. The number of rotatable bonds is 3. The summed E-state index contributed by atoms with van der Waals surface area (Å²) in [5.74, 6) is 1.01. The van der Waals surface area contributed by atoms with Crippen LogP contribution >= 0.6 is 0 Å². The predicted molar refractivity (Wildman–Crippen MR) is 93.8 cm³/mol. The zero-order chi connectivity index (χ0) is 17.3. The van der Waals surface area contributed by atoms with E-state index >= 15 is 0 Å². The van der Waals surface area contributed by atoms with E-state index in [-0.39, 0.29) is 11.3 Å². The van der Waals surface area contributed by atoms with E-state index < -0.39 is 0 Å². The molecule has 24 heavy (non-hydrogen) atoms. The Balaban J connectivity index is 2.01. The first kappa shape index (κ1) is 16.4. The Hall–Kier alpha value is -2.49. The highest BCUT2D eigenvalue weighted by Crippen LogP contribution is 2.36. The Kier molecular flexibility index (Phi) is 4.22. The van der Waals surface area contributed by atoms with Crippen LogP contribution in [0.1, 0.15) is 35.3 Å². The molecule has 0 atom stereocenters. The van der Waals surface area contributed by atoms with Crippen LogP contribution in [0, 0.1) is 0 Å². The molecule has 0 spiro atoms. The van der Waals surface area contributed by atoms with Crippen molar-refractivity contribution in [3.05, 3.63) is 59.2 Å². The third kappa shape index (κ3) is 2.73. The molecule has 0 unspecified atom stereocenters. The molecule has 1 aliphatic heterocycles. The summed E-state index contributed by atoms with van der Waals surface area (Å²) >= 11 is 0. The number of methoxy groups -OCH3 is 2. The van der Waals surface area contributed by atoms with Gasteiger partial charge in [0.15, 0.2) is 0 Å².